The Kier molecular flexibility index (Phi) is 1.51. The molecule has 0 spiro atoms. The van der Waals surface area contributed by atoms with E-state index < -0.39 is 0 Å². The van der Waals surface area contributed by atoms with Crippen LogP contribution in [0.3, 0.4) is 0 Å². The van der Waals surface area contributed by atoms with Crippen molar-refractivity contribution in [3.8, 4) is 0 Å². The van der Waals surface area contributed by atoms with Crippen molar-refractivity contribution in [1.29, 1.82) is 0 Å². The van der Waals surface area contributed by atoms with E-state index in [0.717, 1.165) is 43.8 Å². The van der Waals surface area contributed by atoms with Gasteiger partial charge >= 0.3 is 5.91 Å². The third-order valence-electron chi connectivity index (χ3n) is 3.20. The molecule has 0 aliphatic carbocycles. The van der Waals surface area contributed by atoms with Crippen molar-refractivity contribution in [2.75, 3.05) is 39.3 Å². The maximum absolute atomic E-state index is 11.3. The van der Waals surface area contributed by atoms with E-state index in [9.17, 15) is 4.79 Å². The fourth-order valence-corrected chi connectivity index (χ4v) is 2.14. The van der Waals surface area contributed by atoms with Gasteiger partial charge in [-0.1, -0.05) is 0 Å². The van der Waals surface area contributed by atoms with E-state index in [2.05, 4.69) is 4.90 Å². The van der Waals surface area contributed by atoms with Gasteiger partial charge in [0.2, 0.25) is 0 Å². The number of carbonyl (C=O) groups is 1. The standard InChI is InChI=1S/C8H15N2O/c1-8(11)10-5-2-9(3-6-10)4-7-10/h2-7H2,1H3/q+1. The molecule has 3 heteroatoms. The molecule has 11 heavy (non-hydrogen) atoms. The monoisotopic (exact) mass is 155 g/mol. The minimum atomic E-state index is 0.365. The lowest BCUT2D eigenvalue weighted by atomic mass is 10.1. The lowest BCUT2D eigenvalue weighted by Gasteiger charge is -2.47. The van der Waals surface area contributed by atoms with Crippen LogP contribution in [0.25, 0.3) is 0 Å². The van der Waals surface area contributed by atoms with E-state index >= 15 is 0 Å². The van der Waals surface area contributed by atoms with E-state index in [1.165, 1.54) is 0 Å². The first-order chi connectivity index (χ1) is 5.23. The van der Waals surface area contributed by atoms with Gasteiger partial charge in [-0.05, 0) is 0 Å². The first-order valence-electron chi connectivity index (χ1n) is 4.33. The molecule has 62 valence electrons. The Morgan fingerprint density at radius 1 is 1.18 bits per heavy atom. The molecule has 0 unspecified atom stereocenters. The summed E-state index contributed by atoms with van der Waals surface area (Å²) in [5.41, 5.74) is 0. The summed E-state index contributed by atoms with van der Waals surface area (Å²) in [7, 11) is 0. The summed E-state index contributed by atoms with van der Waals surface area (Å²) < 4.78 is 0.760. The minimum absolute atomic E-state index is 0.365. The molecular formula is C8H15N2O+. The second kappa shape index (κ2) is 2.29. The van der Waals surface area contributed by atoms with Crippen LogP contribution in [0.5, 0.6) is 0 Å². The fraction of sp³-hybridized carbons (Fsp3) is 0.875. The average Bonchev–Trinajstić information content (AvgIpc) is 2.08. The molecule has 0 N–H and O–H groups in total. The van der Waals surface area contributed by atoms with E-state index in [1.54, 1.807) is 6.92 Å². The van der Waals surface area contributed by atoms with Gasteiger partial charge in [-0.3, -0.25) is 9.38 Å². The Labute approximate surface area is 67.2 Å². The topological polar surface area (TPSA) is 20.3 Å². The Balaban J connectivity index is 2.18. The summed E-state index contributed by atoms with van der Waals surface area (Å²) in [4.78, 5) is 13.8. The van der Waals surface area contributed by atoms with Gasteiger partial charge in [-0.2, -0.15) is 0 Å². The number of amides is 1. The quantitative estimate of drug-likeness (QED) is 0.447. The molecule has 3 aliphatic heterocycles. The van der Waals surface area contributed by atoms with Gasteiger partial charge in [-0.15, -0.1) is 0 Å². The predicted molar refractivity (Wildman–Crippen MR) is 42.0 cm³/mol. The molecule has 3 rings (SSSR count). The lowest BCUT2D eigenvalue weighted by Crippen LogP contribution is -2.68. The number of fused-ring (bicyclic) bond motifs is 3. The number of quaternary nitrogens is 1. The fourth-order valence-electron chi connectivity index (χ4n) is 2.14. The molecule has 0 aromatic rings. The molecule has 3 fully saturated rings. The van der Waals surface area contributed by atoms with Crippen LogP contribution >= 0.6 is 0 Å². The highest BCUT2D eigenvalue weighted by molar-refractivity contribution is 5.65. The van der Waals surface area contributed by atoms with Crippen LogP contribution in [0.1, 0.15) is 6.92 Å². The normalized spacial score (nSPS) is 42.5. The largest absolute Gasteiger partial charge is 0.310 e. The summed E-state index contributed by atoms with van der Waals surface area (Å²) in [6.07, 6.45) is 0. The summed E-state index contributed by atoms with van der Waals surface area (Å²) in [5.74, 6) is 0.365. The second-order valence-electron chi connectivity index (χ2n) is 3.68. The number of piperazine rings is 3. The molecule has 3 heterocycles. The third-order valence-corrected chi connectivity index (χ3v) is 3.20. The molecular weight excluding hydrogens is 140 g/mol. The molecule has 3 saturated heterocycles. The van der Waals surface area contributed by atoms with Gasteiger partial charge in [-0.25, -0.2) is 4.79 Å². The Bertz CT molecular complexity index is 169. The first-order valence-corrected chi connectivity index (χ1v) is 4.33. The SMILES string of the molecule is CC(=O)[N+]12CCN(CC1)CC2. The molecule has 0 aromatic carbocycles. The zero-order chi connectivity index (χ0) is 7.90. The molecule has 0 aromatic heterocycles. The Morgan fingerprint density at radius 3 is 1.91 bits per heavy atom. The predicted octanol–water partition coefficient (Wildman–Crippen LogP) is -0.321. The van der Waals surface area contributed by atoms with Crippen LogP contribution in [0, 0.1) is 0 Å². The van der Waals surface area contributed by atoms with Crippen molar-refractivity contribution in [3.05, 3.63) is 0 Å². The molecule has 1 amide bonds. The van der Waals surface area contributed by atoms with E-state index in [-0.39, 0.29) is 0 Å². The van der Waals surface area contributed by atoms with Crippen molar-refractivity contribution >= 4 is 5.91 Å². The van der Waals surface area contributed by atoms with Crippen LogP contribution in [0.4, 0.5) is 0 Å². The highest BCUT2D eigenvalue weighted by atomic mass is 16.2. The summed E-state index contributed by atoms with van der Waals surface area (Å²) >= 11 is 0. The number of hydrogen-bond acceptors (Lipinski definition) is 2. The second-order valence-corrected chi connectivity index (χ2v) is 3.68. The third kappa shape index (κ3) is 0.993. The van der Waals surface area contributed by atoms with Crippen molar-refractivity contribution in [2.24, 2.45) is 0 Å². The van der Waals surface area contributed by atoms with Crippen LogP contribution in [-0.2, 0) is 4.79 Å². The minimum Gasteiger partial charge on any atom is -0.287 e. The van der Waals surface area contributed by atoms with Gasteiger partial charge in [0.25, 0.3) is 0 Å². The van der Waals surface area contributed by atoms with Gasteiger partial charge in [0.1, 0.15) is 0 Å². The zero-order valence-electron chi connectivity index (χ0n) is 7.05. The van der Waals surface area contributed by atoms with Gasteiger partial charge in [0.15, 0.2) is 0 Å². The van der Waals surface area contributed by atoms with E-state index in [1.807, 2.05) is 0 Å². The molecule has 3 nitrogen and oxygen atoms in total. The molecule has 3 aliphatic rings. The molecule has 0 saturated carbocycles. The molecule has 0 radical (unpaired) electrons. The average molecular weight is 155 g/mol. The lowest BCUT2D eigenvalue weighted by molar-refractivity contribution is -0.869. The Morgan fingerprint density at radius 2 is 1.64 bits per heavy atom. The van der Waals surface area contributed by atoms with Gasteiger partial charge < -0.3 is 0 Å². The van der Waals surface area contributed by atoms with Crippen molar-refractivity contribution in [1.82, 2.24) is 4.90 Å². The van der Waals surface area contributed by atoms with Crippen LogP contribution in [0.2, 0.25) is 0 Å². The number of hydrogen-bond donors (Lipinski definition) is 0. The summed E-state index contributed by atoms with van der Waals surface area (Å²) in [5, 5.41) is 0. The van der Waals surface area contributed by atoms with Crippen LogP contribution in [-0.4, -0.2) is 54.6 Å². The van der Waals surface area contributed by atoms with Crippen molar-refractivity contribution in [3.63, 3.8) is 0 Å². The van der Waals surface area contributed by atoms with Gasteiger partial charge in [0.05, 0.1) is 26.6 Å². The van der Waals surface area contributed by atoms with Crippen LogP contribution < -0.4 is 0 Å². The number of carbonyl (C=O) groups excluding carboxylic acids is 1. The first kappa shape index (κ1) is 7.25. The highest BCUT2D eigenvalue weighted by Crippen LogP contribution is 2.19. The van der Waals surface area contributed by atoms with Crippen molar-refractivity contribution < 1.29 is 9.28 Å². The maximum Gasteiger partial charge on any atom is 0.310 e. The summed E-state index contributed by atoms with van der Waals surface area (Å²) in [6, 6.07) is 0. The molecule has 2 bridgehead atoms. The summed E-state index contributed by atoms with van der Waals surface area (Å²) in [6.45, 7) is 8.26. The number of nitrogens with zero attached hydrogens (tertiary/aromatic N) is 2. The maximum atomic E-state index is 11.3. The van der Waals surface area contributed by atoms with Crippen molar-refractivity contribution in [2.45, 2.75) is 6.92 Å². The zero-order valence-corrected chi connectivity index (χ0v) is 7.05. The van der Waals surface area contributed by atoms with E-state index in [0.29, 0.717) is 5.91 Å². The van der Waals surface area contributed by atoms with Crippen LogP contribution in [0.15, 0.2) is 0 Å². The highest BCUT2D eigenvalue weighted by Gasteiger charge is 2.41. The van der Waals surface area contributed by atoms with E-state index in [4.69, 9.17) is 0 Å². The van der Waals surface area contributed by atoms with Gasteiger partial charge in [0, 0.05) is 19.6 Å². The molecule has 0 atom stereocenters. The number of rotatable bonds is 0. The Hall–Kier alpha value is -0.410. The smallest absolute Gasteiger partial charge is 0.287 e.